The van der Waals surface area contributed by atoms with Crippen LogP contribution in [0.25, 0.3) is 0 Å². The van der Waals surface area contributed by atoms with Crippen molar-refractivity contribution < 1.29 is 0 Å². The van der Waals surface area contributed by atoms with Crippen LogP contribution in [0.5, 0.6) is 0 Å². The van der Waals surface area contributed by atoms with Gasteiger partial charge in [0.05, 0.1) is 0 Å². The summed E-state index contributed by atoms with van der Waals surface area (Å²) in [6.45, 7) is 10.6. The third-order valence-electron chi connectivity index (χ3n) is 3.43. The van der Waals surface area contributed by atoms with E-state index in [1.807, 2.05) is 0 Å². The Morgan fingerprint density at radius 1 is 1.36 bits per heavy atom. The van der Waals surface area contributed by atoms with Crippen LogP contribution >= 0.6 is 0 Å². The zero-order valence-electron chi connectivity index (χ0n) is 10.1. The highest BCUT2D eigenvalue weighted by atomic mass is 15.2. The second-order valence-electron chi connectivity index (χ2n) is 4.35. The van der Waals surface area contributed by atoms with Gasteiger partial charge in [-0.1, -0.05) is 27.2 Å². The molecule has 1 heterocycles. The third-order valence-corrected chi connectivity index (χ3v) is 3.43. The van der Waals surface area contributed by atoms with Crippen molar-refractivity contribution in [3.63, 3.8) is 0 Å². The molecule has 1 aliphatic rings. The van der Waals surface area contributed by atoms with Crippen molar-refractivity contribution in [3.05, 3.63) is 0 Å². The van der Waals surface area contributed by atoms with Gasteiger partial charge in [0.2, 0.25) is 0 Å². The molecule has 0 radical (unpaired) electrons. The van der Waals surface area contributed by atoms with Crippen LogP contribution < -0.4 is 5.32 Å². The Morgan fingerprint density at radius 3 is 2.71 bits per heavy atom. The van der Waals surface area contributed by atoms with Crippen molar-refractivity contribution in [3.8, 4) is 0 Å². The first-order valence-corrected chi connectivity index (χ1v) is 6.29. The highest BCUT2D eigenvalue weighted by Gasteiger charge is 2.25. The molecular formula is C12H26N2. The maximum Gasteiger partial charge on any atom is 0.0221 e. The Kier molecular flexibility index (Phi) is 5.49. The Morgan fingerprint density at radius 2 is 2.14 bits per heavy atom. The predicted octanol–water partition coefficient (Wildman–Crippen LogP) is 2.25. The van der Waals surface area contributed by atoms with Crippen molar-refractivity contribution in [1.82, 2.24) is 10.2 Å². The summed E-state index contributed by atoms with van der Waals surface area (Å²) in [4.78, 5) is 2.74. The van der Waals surface area contributed by atoms with E-state index in [0.717, 1.165) is 12.1 Å². The molecular weight excluding hydrogens is 172 g/mol. The van der Waals surface area contributed by atoms with Crippen LogP contribution in [-0.2, 0) is 0 Å². The lowest BCUT2D eigenvalue weighted by molar-refractivity contribution is 0.0942. The first-order valence-electron chi connectivity index (χ1n) is 6.29. The summed E-state index contributed by atoms with van der Waals surface area (Å²) < 4.78 is 0. The fourth-order valence-electron chi connectivity index (χ4n) is 2.57. The molecule has 2 nitrogen and oxygen atoms in total. The summed E-state index contributed by atoms with van der Waals surface area (Å²) in [5, 5.41) is 3.50. The fourth-order valence-corrected chi connectivity index (χ4v) is 2.57. The second-order valence-corrected chi connectivity index (χ2v) is 4.35. The first-order chi connectivity index (χ1) is 6.83. The van der Waals surface area contributed by atoms with Crippen molar-refractivity contribution in [1.29, 1.82) is 0 Å². The summed E-state index contributed by atoms with van der Waals surface area (Å²) in [6.07, 6.45) is 5.28. The molecule has 0 aliphatic carbocycles. The van der Waals surface area contributed by atoms with Crippen molar-refractivity contribution in [2.45, 2.75) is 58.5 Å². The van der Waals surface area contributed by atoms with Gasteiger partial charge < -0.3 is 5.32 Å². The van der Waals surface area contributed by atoms with E-state index in [1.165, 1.54) is 45.3 Å². The number of nitrogens with zero attached hydrogens (tertiary/aromatic N) is 1. The van der Waals surface area contributed by atoms with Gasteiger partial charge >= 0.3 is 0 Å². The number of rotatable bonds is 5. The Labute approximate surface area is 89.1 Å². The Bertz CT molecular complexity index is 147. The molecule has 2 atom stereocenters. The maximum absolute atomic E-state index is 3.50. The van der Waals surface area contributed by atoms with Crippen LogP contribution in [-0.4, -0.2) is 36.6 Å². The van der Waals surface area contributed by atoms with E-state index in [0.29, 0.717) is 0 Å². The number of hydrogen-bond acceptors (Lipinski definition) is 2. The van der Waals surface area contributed by atoms with E-state index in [4.69, 9.17) is 0 Å². The topological polar surface area (TPSA) is 15.3 Å². The molecule has 0 bridgehead atoms. The minimum Gasteiger partial charge on any atom is -0.314 e. The van der Waals surface area contributed by atoms with Crippen LogP contribution in [0.1, 0.15) is 46.5 Å². The van der Waals surface area contributed by atoms with Crippen molar-refractivity contribution in [2.24, 2.45) is 0 Å². The summed E-state index contributed by atoms with van der Waals surface area (Å²) in [7, 11) is 0. The largest absolute Gasteiger partial charge is 0.314 e. The monoisotopic (exact) mass is 198 g/mol. The molecule has 1 aliphatic heterocycles. The lowest BCUT2D eigenvalue weighted by Crippen LogP contribution is -2.54. The van der Waals surface area contributed by atoms with Crippen LogP contribution in [0.15, 0.2) is 0 Å². The molecule has 2 heteroatoms. The zero-order valence-corrected chi connectivity index (χ0v) is 10.1. The zero-order chi connectivity index (χ0) is 10.4. The SMILES string of the molecule is CCCC(CC)N1CCNCC1CC. The molecule has 1 rings (SSSR count). The molecule has 84 valence electrons. The molecule has 1 fully saturated rings. The molecule has 0 aromatic carbocycles. The second kappa shape index (κ2) is 6.41. The van der Waals surface area contributed by atoms with Gasteiger partial charge in [-0.3, -0.25) is 4.90 Å². The fraction of sp³-hybridized carbons (Fsp3) is 1.00. The number of nitrogens with one attached hydrogen (secondary N) is 1. The van der Waals surface area contributed by atoms with Gasteiger partial charge in [0.15, 0.2) is 0 Å². The van der Waals surface area contributed by atoms with Gasteiger partial charge in [-0.05, 0) is 19.3 Å². The molecule has 14 heavy (non-hydrogen) atoms. The van der Waals surface area contributed by atoms with Crippen molar-refractivity contribution >= 4 is 0 Å². The van der Waals surface area contributed by atoms with Crippen LogP contribution in [0.3, 0.4) is 0 Å². The van der Waals surface area contributed by atoms with Gasteiger partial charge in [-0.2, -0.15) is 0 Å². The lowest BCUT2D eigenvalue weighted by Gasteiger charge is -2.41. The van der Waals surface area contributed by atoms with Crippen LogP contribution in [0, 0.1) is 0 Å². The molecule has 0 saturated carbocycles. The van der Waals surface area contributed by atoms with Gasteiger partial charge in [0, 0.05) is 31.7 Å². The Balaban J connectivity index is 2.51. The average molecular weight is 198 g/mol. The van der Waals surface area contributed by atoms with Gasteiger partial charge in [-0.25, -0.2) is 0 Å². The summed E-state index contributed by atoms with van der Waals surface area (Å²) >= 11 is 0. The van der Waals surface area contributed by atoms with Crippen LogP contribution in [0.2, 0.25) is 0 Å². The average Bonchev–Trinajstić information content (AvgIpc) is 2.26. The normalized spacial score (nSPS) is 26.4. The van der Waals surface area contributed by atoms with Crippen molar-refractivity contribution in [2.75, 3.05) is 19.6 Å². The summed E-state index contributed by atoms with van der Waals surface area (Å²) in [5.41, 5.74) is 0. The minimum absolute atomic E-state index is 0.778. The van der Waals surface area contributed by atoms with Gasteiger partial charge in [-0.15, -0.1) is 0 Å². The molecule has 0 amide bonds. The van der Waals surface area contributed by atoms with E-state index in [1.54, 1.807) is 0 Å². The van der Waals surface area contributed by atoms with Gasteiger partial charge in [0.25, 0.3) is 0 Å². The quantitative estimate of drug-likeness (QED) is 0.729. The molecule has 0 aromatic heterocycles. The van der Waals surface area contributed by atoms with Gasteiger partial charge in [0.1, 0.15) is 0 Å². The first kappa shape index (κ1) is 12.0. The lowest BCUT2D eigenvalue weighted by atomic mass is 10.0. The smallest absolute Gasteiger partial charge is 0.0221 e. The molecule has 1 N–H and O–H groups in total. The standard InChI is InChI=1S/C12H26N2/c1-4-7-11(5-2)14-9-8-13-10-12(14)6-3/h11-13H,4-10H2,1-3H3. The summed E-state index contributed by atoms with van der Waals surface area (Å²) in [5.74, 6) is 0. The molecule has 0 spiro atoms. The number of piperazine rings is 1. The maximum atomic E-state index is 3.50. The number of hydrogen-bond donors (Lipinski definition) is 1. The van der Waals surface area contributed by atoms with Crippen LogP contribution in [0.4, 0.5) is 0 Å². The predicted molar refractivity (Wildman–Crippen MR) is 62.6 cm³/mol. The van der Waals surface area contributed by atoms with E-state index in [2.05, 4.69) is 31.0 Å². The molecule has 1 saturated heterocycles. The summed E-state index contributed by atoms with van der Waals surface area (Å²) in [6, 6.07) is 1.60. The minimum atomic E-state index is 0.778. The van der Waals surface area contributed by atoms with E-state index in [-0.39, 0.29) is 0 Å². The Hall–Kier alpha value is -0.0800. The van der Waals surface area contributed by atoms with E-state index >= 15 is 0 Å². The van der Waals surface area contributed by atoms with E-state index in [9.17, 15) is 0 Å². The molecule has 2 unspecified atom stereocenters. The molecule has 0 aromatic rings. The van der Waals surface area contributed by atoms with E-state index < -0.39 is 0 Å². The highest BCUT2D eigenvalue weighted by Crippen LogP contribution is 2.17. The highest BCUT2D eigenvalue weighted by molar-refractivity contribution is 4.83. The third kappa shape index (κ3) is 2.96.